The van der Waals surface area contributed by atoms with Crippen LogP contribution in [0.25, 0.3) is 0 Å². The quantitative estimate of drug-likeness (QED) is 0.719. The summed E-state index contributed by atoms with van der Waals surface area (Å²) >= 11 is 0. The summed E-state index contributed by atoms with van der Waals surface area (Å²) in [5, 5.41) is 3.54. The van der Waals surface area contributed by atoms with Gasteiger partial charge in [-0.1, -0.05) is 20.4 Å². The van der Waals surface area contributed by atoms with E-state index >= 15 is 0 Å². The van der Waals surface area contributed by atoms with E-state index < -0.39 is 0 Å². The number of nitrogens with zero attached hydrogens (tertiary/aromatic N) is 1. The molecule has 1 aliphatic heterocycles. The molecule has 1 N–H and O–H groups in total. The van der Waals surface area contributed by atoms with Crippen LogP contribution in [0.5, 0.6) is 0 Å². The SMILES string of the molecule is C=C(CNC1CC1)CN1CCC(C)(C)CC1. The van der Waals surface area contributed by atoms with E-state index in [1.54, 1.807) is 0 Å². The van der Waals surface area contributed by atoms with Gasteiger partial charge in [0.25, 0.3) is 0 Å². The third-order valence-electron chi connectivity index (χ3n) is 3.87. The summed E-state index contributed by atoms with van der Waals surface area (Å²) in [4.78, 5) is 2.56. The van der Waals surface area contributed by atoms with Crippen molar-refractivity contribution in [2.45, 2.75) is 45.6 Å². The maximum absolute atomic E-state index is 4.18. The second kappa shape index (κ2) is 4.89. The molecule has 16 heavy (non-hydrogen) atoms. The van der Waals surface area contributed by atoms with Crippen LogP contribution in [0.1, 0.15) is 39.5 Å². The summed E-state index contributed by atoms with van der Waals surface area (Å²) in [6.07, 6.45) is 5.39. The van der Waals surface area contributed by atoms with E-state index in [1.807, 2.05) is 0 Å². The van der Waals surface area contributed by atoms with Crippen molar-refractivity contribution in [1.82, 2.24) is 10.2 Å². The van der Waals surface area contributed by atoms with E-state index in [0.717, 1.165) is 19.1 Å². The Balaban J connectivity index is 1.63. The van der Waals surface area contributed by atoms with Crippen molar-refractivity contribution in [2.75, 3.05) is 26.2 Å². The van der Waals surface area contributed by atoms with Crippen LogP contribution >= 0.6 is 0 Å². The van der Waals surface area contributed by atoms with Crippen LogP contribution in [-0.2, 0) is 0 Å². The van der Waals surface area contributed by atoms with Gasteiger partial charge in [-0.3, -0.25) is 4.90 Å². The highest BCUT2D eigenvalue weighted by molar-refractivity contribution is 5.02. The second-order valence-electron chi connectivity index (χ2n) is 6.35. The third-order valence-corrected chi connectivity index (χ3v) is 3.87. The molecule has 0 bridgehead atoms. The van der Waals surface area contributed by atoms with Gasteiger partial charge in [0.05, 0.1) is 0 Å². The van der Waals surface area contributed by atoms with Gasteiger partial charge in [-0.2, -0.15) is 0 Å². The number of likely N-dealkylation sites (tertiary alicyclic amines) is 1. The highest BCUT2D eigenvalue weighted by atomic mass is 15.1. The molecule has 1 heterocycles. The van der Waals surface area contributed by atoms with Crippen molar-refractivity contribution in [3.8, 4) is 0 Å². The number of hydrogen-bond donors (Lipinski definition) is 1. The average molecular weight is 222 g/mol. The molecule has 0 radical (unpaired) electrons. The van der Waals surface area contributed by atoms with Gasteiger partial charge in [-0.05, 0) is 49.8 Å². The van der Waals surface area contributed by atoms with E-state index in [2.05, 4.69) is 30.6 Å². The molecule has 2 nitrogen and oxygen atoms in total. The molecule has 2 aliphatic rings. The second-order valence-corrected chi connectivity index (χ2v) is 6.35. The van der Waals surface area contributed by atoms with Gasteiger partial charge in [-0.25, -0.2) is 0 Å². The zero-order valence-corrected chi connectivity index (χ0v) is 10.9. The Labute approximate surface area is 100 Å². The van der Waals surface area contributed by atoms with Crippen LogP contribution in [0.4, 0.5) is 0 Å². The van der Waals surface area contributed by atoms with Gasteiger partial charge in [0, 0.05) is 19.1 Å². The van der Waals surface area contributed by atoms with Crippen LogP contribution in [0.2, 0.25) is 0 Å². The lowest BCUT2D eigenvalue weighted by molar-refractivity contribution is 0.141. The maximum Gasteiger partial charge on any atom is 0.0202 e. The fraction of sp³-hybridized carbons (Fsp3) is 0.857. The third kappa shape index (κ3) is 3.91. The van der Waals surface area contributed by atoms with Crippen molar-refractivity contribution in [3.05, 3.63) is 12.2 Å². The Morgan fingerprint density at radius 3 is 2.50 bits per heavy atom. The average Bonchev–Trinajstić information content (AvgIpc) is 3.02. The van der Waals surface area contributed by atoms with Gasteiger partial charge in [0.1, 0.15) is 0 Å². The lowest BCUT2D eigenvalue weighted by atomic mass is 9.82. The first-order valence-corrected chi connectivity index (χ1v) is 6.68. The Morgan fingerprint density at radius 1 is 1.31 bits per heavy atom. The first-order valence-electron chi connectivity index (χ1n) is 6.68. The molecule has 1 saturated heterocycles. The van der Waals surface area contributed by atoms with E-state index in [4.69, 9.17) is 0 Å². The van der Waals surface area contributed by atoms with Crippen molar-refractivity contribution in [2.24, 2.45) is 5.41 Å². The number of piperidine rings is 1. The molecule has 2 fully saturated rings. The summed E-state index contributed by atoms with van der Waals surface area (Å²) in [5.41, 5.74) is 1.91. The molecule has 0 spiro atoms. The summed E-state index contributed by atoms with van der Waals surface area (Å²) in [6.45, 7) is 13.5. The lowest BCUT2D eigenvalue weighted by Gasteiger charge is -2.37. The van der Waals surface area contributed by atoms with E-state index in [0.29, 0.717) is 5.41 Å². The summed E-state index contributed by atoms with van der Waals surface area (Å²) in [7, 11) is 0. The Hall–Kier alpha value is -0.340. The van der Waals surface area contributed by atoms with Crippen molar-refractivity contribution >= 4 is 0 Å². The molecule has 92 valence electrons. The molecular formula is C14H26N2. The van der Waals surface area contributed by atoms with Crippen molar-refractivity contribution < 1.29 is 0 Å². The molecule has 0 aromatic carbocycles. The molecular weight excluding hydrogens is 196 g/mol. The van der Waals surface area contributed by atoms with E-state index in [9.17, 15) is 0 Å². The van der Waals surface area contributed by atoms with E-state index in [1.165, 1.54) is 44.3 Å². The molecule has 2 heteroatoms. The maximum atomic E-state index is 4.18. The van der Waals surface area contributed by atoms with Crippen molar-refractivity contribution in [1.29, 1.82) is 0 Å². The van der Waals surface area contributed by atoms with Crippen molar-refractivity contribution in [3.63, 3.8) is 0 Å². The molecule has 0 aromatic rings. The monoisotopic (exact) mass is 222 g/mol. The summed E-state index contributed by atoms with van der Waals surface area (Å²) in [6, 6.07) is 0.803. The van der Waals surface area contributed by atoms with Crippen LogP contribution in [0.15, 0.2) is 12.2 Å². The minimum atomic E-state index is 0.560. The lowest BCUT2D eigenvalue weighted by Crippen LogP contribution is -2.39. The molecule has 0 aromatic heterocycles. The highest BCUT2D eigenvalue weighted by Gasteiger charge is 2.25. The topological polar surface area (TPSA) is 15.3 Å². The van der Waals surface area contributed by atoms with Crippen LogP contribution in [0.3, 0.4) is 0 Å². The van der Waals surface area contributed by atoms with Gasteiger partial charge >= 0.3 is 0 Å². The Kier molecular flexibility index (Phi) is 3.70. The smallest absolute Gasteiger partial charge is 0.0202 e. The highest BCUT2D eigenvalue weighted by Crippen LogP contribution is 2.29. The zero-order valence-electron chi connectivity index (χ0n) is 10.9. The predicted molar refractivity (Wildman–Crippen MR) is 69.6 cm³/mol. The fourth-order valence-electron chi connectivity index (χ4n) is 2.26. The molecule has 0 amide bonds. The van der Waals surface area contributed by atoms with Crippen LogP contribution in [0, 0.1) is 5.41 Å². The predicted octanol–water partition coefficient (Wildman–Crippen LogP) is 2.42. The minimum absolute atomic E-state index is 0.560. The standard InChI is InChI=1S/C14H26N2/c1-12(10-15-13-4-5-13)11-16-8-6-14(2,3)7-9-16/h13,15H,1,4-11H2,2-3H3. The zero-order chi connectivity index (χ0) is 11.6. The normalized spacial score (nSPS) is 25.6. The Morgan fingerprint density at radius 2 is 1.94 bits per heavy atom. The fourth-order valence-corrected chi connectivity index (χ4v) is 2.26. The first kappa shape index (κ1) is 12.1. The van der Waals surface area contributed by atoms with Gasteiger partial charge in [0.15, 0.2) is 0 Å². The van der Waals surface area contributed by atoms with Crippen LogP contribution < -0.4 is 5.32 Å². The first-order chi connectivity index (χ1) is 7.55. The molecule has 0 atom stereocenters. The molecule has 2 rings (SSSR count). The minimum Gasteiger partial charge on any atom is -0.310 e. The summed E-state index contributed by atoms with van der Waals surface area (Å²) in [5.74, 6) is 0. The van der Waals surface area contributed by atoms with E-state index in [-0.39, 0.29) is 0 Å². The molecule has 0 unspecified atom stereocenters. The Bertz CT molecular complexity index is 243. The summed E-state index contributed by atoms with van der Waals surface area (Å²) < 4.78 is 0. The van der Waals surface area contributed by atoms with Gasteiger partial charge in [0.2, 0.25) is 0 Å². The molecule has 1 aliphatic carbocycles. The largest absolute Gasteiger partial charge is 0.310 e. The van der Waals surface area contributed by atoms with Crippen LogP contribution in [-0.4, -0.2) is 37.1 Å². The molecule has 1 saturated carbocycles. The van der Waals surface area contributed by atoms with Gasteiger partial charge < -0.3 is 5.32 Å². The number of hydrogen-bond acceptors (Lipinski definition) is 2. The van der Waals surface area contributed by atoms with Gasteiger partial charge in [-0.15, -0.1) is 0 Å². The number of nitrogens with one attached hydrogen (secondary N) is 1. The number of rotatable bonds is 5.